The van der Waals surface area contributed by atoms with Gasteiger partial charge in [0, 0.05) is 44.7 Å². The van der Waals surface area contributed by atoms with Gasteiger partial charge in [-0.1, -0.05) is 91.0 Å². The Kier molecular flexibility index (Phi) is 5.32. The third kappa shape index (κ3) is 3.89. The van der Waals surface area contributed by atoms with Crippen LogP contribution < -0.4 is 0 Å². The SMILES string of the molecule is c1cc(-c2cc3c(cn2)-c2ccccc2CC3)cc(-n2c3ccccc3c3ccc(-c4ccc5ccccc5n4)cc32)c1. The van der Waals surface area contributed by atoms with E-state index in [1.165, 1.54) is 44.1 Å². The van der Waals surface area contributed by atoms with Crippen molar-refractivity contribution in [2.45, 2.75) is 12.8 Å². The van der Waals surface area contributed by atoms with E-state index in [0.29, 0.717) is 0 Å². The molecular weight excluding hydrogens is 522 g/mol. The molecule has 0 radical (unpaired) electrons. The van der Waals surface area contributed by atoms with Gasteiger partial charge in [-0.25, -0.2) is 4.98 Å². The van der Waals surface area contributed by atoms with Crippen LogP contribution in [0.5, 0.6) is 0 Å². The first kappa shape index (κ1) is 24.1. The first-order valence-electron chi connectivity index (χ1n) is 14.9. The minimum atomic E-state index is 0.978. The Morgan fingerprint density at radius 3 is 2.33 bits per heavy atom. The van der Waals surface area contributed by atoms with Gasteiger partial charge in [-0.05, 0) is 72.0 Å². The molecule has 202 valence electrons. The topological polar surface area (TPSA) is 30.7 Å². The van der Waals surface area contributed by atoms with Crippen molar-refractivity contribution in [2.24, 2.45) is 0 Å². The van der Waals surface area contributed by atoms with Crippen molar-refractivity contribution in [3.05, 3.63) is 151 Å². The lowest BCUT2D eigenvalue weighted by Gasteiger charge is -2.20. The van der Waals surface area contributed by atoms with E-state index >= 15 is 0 Å². The first-order chi connectivity index (χ1) is 21.3. The Morgan fingerprint density at radius 2 is 1.33 bits per heavy atom. The molecule has 0 amide bonds. The van der Waals surface area contributed by atoms with Crippen LogP contribution in [0, 0.1) is 0 Å². The summed E-state index contributed by atoms with van der Waals surface area (Å²) in [5.41, 5.74) is 14.1. The molecule has 0 fully saturated rings. The molecule has 0 unspecified atom stereocenters. The number of hydrogen-bond acceptors (Lipinski definition) is 2. The second kappa shape index (κ2) is 9.50. The highest BCUT2D eigenvalue weighted by Gasteiger charge is 2.18. The normalized spacial score (nSPS) is 12.5. The second-order valence-electron chi connectivity index (χ2n) is 11.4. The van der Waals surface area contributed by atoms with Gasteiger partial charge in [0.15, 0.2) is 0 Å². The van der Waals surface area contributed by atoms with Gasteiger partial charge < -0.3 is 4.57 Å². The van der Waals surface area contributed by atoms with Gasteiger partial charge in [-0.2, -0.15) is 0 Å². The molecule has 3 heteroatoms. The van der Waals surface area contributed by atoms with Gasteiger partial charge in [-0.15, -0.1) is 0 Å². The molecule has 9 rings (SSSR count). The maximum atomic E-state index is 4.99. The lowest BCUT2D eigenvalue weighted by atomic mass is 9.86. The fourth-order valence-electron chi connectivity index (χ4n) is 6.81. The second-order valence-corrected chi connectivity index (χ2v) is 11.4. The number of fused-ring (bicyclic) bond motifs is 7. The summed E-state index contributed by atoms with van der Waals surface area (Å²) in [5.74, 6) is 0. The maximum Gasteiger partial charge on any atom is 0.0710 e. The number of para-hydroxylation sites is 2. The van der Waals surface area contributed by atoms with E-state index in [0.717, 1.165) is 51.9 Å². The van der Waals surface area contributed by atoms with Gasteiger partial charge in [0.05, 0.1) is 27.9 Å². The monoisotopic (exact) mass is 549 g/mol. The molecule has 3 nitrogen and oxygen atoms in total. The van der Waals surface area contributed by atoms with Crippen molar-refractivity contribution >= 4 is 32.7 Å². The molecule has 0 saturated carbocycles. The molecule has 1 aliphatic carbocycles. The highest BCUT2D eigenvalue weighted by molar-refractivity contribution is 6.10. The molecule has 0 spiro atoms. The largest absolute Gasteiger partial charge is 0.309 e. The van der Waals surface area contributed by atoms with Crippen LogP contribution in [-0.4, -0.2) is 14.5 Å². The average molecular weight is 550 g/mol. The molecule has 3 aromatic heterocycles. The van der Waals surface area contributed by atoms with E-state index in [-0.39, 0.29) is 0 Å². The zero-order chi connectivity index (χ0) is 28.3. The predicted molar refractivity (Wildman–Crippen MR) is 178 cm³/mol. The Hall–Kier alpha value is -5.54. The number of nitrogens with zero attached hydrogens (tertiary/aromatic N) is 3. The number of hydrogen-bond donors (Lipinski definition) is 0. The zero-order valence-corrected chi connectivity index (χ0v) is 23.5. The highest BCUT2D eigenvalue weighted by atomic mass is 15.0. The molecule has 0 N–H and O–H groups in total. The fourth-order valence-corrected chi connectivity index (χ4v) is 6.81. The van der Waals surface area contributed by atoms with Crippen LogP contribution in [-0.2, 0) is 12.8 Å². The quantitative estimate of drug-likeness (QED) is 0.220. The van der Waals surface area contributed by atoms with Crippen molar-refractivity contribution in [3.63, 3.8) is 0 Å². The summed E-state index contributed by atoms with van der Waals surface area (Å²) in [7, 11) is 0. The molecule has 5 aromatic carbocycles. The molecule has 0 atom stereocenters. The van der Waals surface area contributed by atoms with Crippen LogP contribution >= 0.6 is 0 Å². The molecule has 1 aliphatic rings. The Labute approximate surface area is 249 Å². The van der Waals surface area contributed by atoms with E-state index in [1.54, 1.807) is 0 Å². The van der Waals surface area contributed by atoms with Crippen LogP contribution in [0.25, 0.3) is 72.0 Å². The summed E-state index contributed by atoms with van der Waals surface area (Å²) >= 11 is 0. The van der Waals surface area contributed by atoms with E-state index in [4.69, 9.17) is 9.97 Å². The summed E-state index contributed by atoms with van der Waals surface area (Å²) in [6, 6.07) is 47.8. The fraction of sp³-hybridized carbons (Fsp3) is 0.0500. The summed E-state index contributed by atoms with van der Waals surface area (Å²) < 4.78 is 2.38. The van der Waals surface area contributed by atoms with Gasteiger partial charge in [0.1, 0.15) is 0 Å². The average Bonchev–Trinajstić information content (AvgIpc) is 3.41. The summed E-state index contributed by atoms with van der Waals surface area (Å²) in [6.07, 6.45) is 4.18. The molecular formula is C40H27N3. The van der Waals surface area contributed by atoms with E-state index in [9.17, 15) is 0 Å². The number of pyridine rings is 2. The first-order valence-corrected chi connectivity index (χ1v) is 14.9. The van der Waals surface area contributed by atoms with Crippen molar-refractivity contribution in [2.75, 3.05) is 0 Å². The minimum Gasteiger partial charge on any atom is -0.309 e. The third-order valence-electron chi connectivity index (χ3n) is 8.93. The predicted octanol–water partition coefficient (Wildman–Crippen LogP) is 9.83. The highest BCUT2D eigenvalue weighted by Crippen LogP contribution is 2.37. The molecule has 0 bridgehead atoms. The van der Waals surface area contributed by atoms with Crippen molar-refractivity contribution in [1.29, 1.82) is 0 Å². The number of aryl methyl sites for hydroxylation is 2. The number of aromatic nitrogens is 3. The molecule has 3 heterocycles. The molecule has 8 aromatic rings. The molecule has 0 saturated heterocycles. The van der Waals surface area contributed by atoms with Crippen LogP contribution in [0.3, 0.4) is 0 Å². The molecule has 0 aliphatic heterocycles. The number of rotatable bonds is 3. The lowest BCUT2D eigenvalue weighted by Crippen LogP contribution is -2.05. The van der Waals surface area contributed by atoms with Crippen LogP contribution in [0.1, 0.15) is 11.1 Å². The van der Waals surface area contributed by atoms with E-state index in [1.807, 2.05) is 6.07 Å². The van der Waals surface area contributed by atoms with Crippen molar-refractivity contribution < 1.29 is 0 Å². The minimum absolute atomic E-state index is 0.978. The van der Waals surface area contributed by atoms with Gasteiger partial charge in [-0.3, -0.25) is 4.98 Å². The van der Waals surface area contributed by atoms with Gasteiger partial charge in [0.25, 0.3) is 0 Å². The lowest BCUT2D eigenvalue weighted by molar-refractivity contribution is 0.937. The molecule has 43 heavy (non-hydrogen) atoms. The zero-order valence-electron chi connectivity index (χ0n) is 23.5. The summed E-state index contributed by atoms with van der Waals surface area (Å²) in [5, 5.41) is 3.63. The van der Waals surface area contributed by atoms with E-state index < -0.39 is 0 Å². The van der Waals surface area contributed by atoms with Crippen molar-refractivity contribution in [3.8, 4) is 39.3 Å². The summed E-state index contributed by atoms with van der Waals surface area (Å²) in [6.45, 7) is 0. The maximum absolute atomic E-state index is 4.99. The summed E-state index contributed by atoms with van der Waals surface area (Å²) in [4.78, 5) is 9.96. The Balaban J connectivity index is 1.19. The third-order valence-corrected chi connectivity index (χ3v) is 8.93. The smallest absolute Gasteiger partial charge is 0.0710 e. The van der Waals surface area contributed by atoms with Crippen LogP contribution in [0.2, 0.25) is 0 Å². The van der Waals surface area contributed by atoms with Crippen LogP contribution in [0.15, 0.2) is 140 Å². The Bertz CT molecular complexity index is 2360. The van der Waals surface area contributed by atoms with Crippen LogP contribution in [0.4, 0.5) is 0 Å². The van der Waals surface area contributed by atoms with Gasteiger partial charge in [0.2, 0.25) is 0 Å². The van der Waals surface area contributed by atoms with E-state index in [2.05, 4.69) is 138 Å². The van der Waals surface area contributed by atoms with Crippen molar-refractivity contribution in [1.82, 2.24) is 14.5 Å². The Morgan fingerprint density at radius 1 is 0.512 bits per heavy atom. The van der Waals surface area contributed by atoms with Gasteiger partial charge >= 0.3 is 0 Å². The number of benzene rings is 5. The standard InChI is InChI=1S/C40H27N3/c1-3-12-32-26(8-1)16-17-28-23-38(41-25-35(28)32)29-10-7-11-31(22-29)43-39-15-6-4-13-33(39)34-20-18-30(24-40(34)43)37-21-19-27-9-2-5-14-36(27)42-37/h1-15,18-25H,16-17H2.